The van der Waals surface area contributed by atoms with E-state index in [-0.39, 0.29) is 0 Å². The van der Waals surface area contributed by atoms with Crippen molar-refractivity contribution in [2.75, 3.05) is 64.4 Å². The molecule has 0 bridgehead atoms. The number of rotatable bonds is 15. The van der Waals surface area contributed by atoms with Gasteiger partial charge in [0.15, 0.2) is 17.3 Å². The molecule has 4 N–H and O–H groups in total. The Hall–Kier alpha value is -3.47. The molecule has 0 aliphatic carbocycles. The van der Waals surface area contributed by atoms with Crippen LogP contribution in [0.2, 0.25) is 0 Å². The molecule has 0 saturated heterocycles. The Morgan fingerprint density at radius 2 is 1.50 bits per heavy atom. The molecular formula is C24H32N6O4. The lowest BCUT2D eigenvalue weighted by atomic mass is 10.2. The third-order valence-electron chi connectivity index (χ3n) is 4.75. The molecule has 0 radical (unpaired) electrons. The summed E-state index contributed by atoms with van der Waals surface area (Å²) in [6, 6.07) is 15.5. The van der Waals surface area contributed by atoms with Crippen molar-refractivity contribution in [2.45, 2.75) is 6.54 Å². The first-order valence-corrected chi connectivity index (χ1v) is 11.1. The van der Waals surface area contributed by atoms with Crippen molar-refractivity contribution in [2.24, 2.45) is 5.73 Å². The van der Waals surface area contributed by atoms with Gasteiger partial charge in [-0.1, -0.05) is 42.5 Å². The third kappa shape index (κ3) is 7.55. The number of nitrogens with one attached hydrogen (secondary N) is 2. The van der Waals surface area contributed by atoms with Gasteiger partial charge in [-0.15, -0.1) is 0 Å². The van der Waals surface area contributed by atoms with Crippen LogP contribution >= 0.6 is 0 Å². The quantitative estimate of drug-likeness (QED) is 0.287. The second kappa shape index (κ2) is 13.9. The highest BCUT2D eigenvalue weighted by Crippen LogP contribution is 2.31. The maximum absolute atomic E-state index is 5.56. The van der Waals surface area contributed by atoms with Gasteiger partial charge in [-0.05, 0) is 6.07 Å². The number of nitrogens with zero attached hydrogens (tertiary/aromatic N) is 3. The second-order valence-corrected chi connectivity index (χ2v) is 7.12. The molecule has 0 atom stereocenters. The Labute approximate surface area is 199 Å². The third-order valence-corrected chi connectivity index (χ3v) is 4.75. The fraction of sp³-hybridized carbons (Fsp3) is 0.375. The molecule has 2 aromatic carbocycles. The molecule has 3 rings (SSSR count). The molecule has 0 fully saturated rings. The highest BCUT2D eigenvalue weighted by Gasteiger charge is 2.12. The highest BCUT2D eigenvalue weighted by atomic mass is 16.5. The summed E-state index contributed by atoms with van der Waals surface area (Å²) in [5, 5.41) is 6.48. The second-order valence-electron chi connectivity index (χ2n) is 7.12. The van der Waals surface area contributed by atoms with Crippen LogP contribution in [0.3, 0.4) is 0 Å². The molecule has 0 amide bonds. The van der Waals surface area contributed by atoms with Gasteiger partial charge >= 0.3 is 0 Å². The van der Waals surface area contributed by atoms with Gasteiger partial charge in [0.25, 0.3) is 0 Å². The largest absolute Gasteiger partial charge is 0.493 e. The molecule has 1 aromatic heterocycles. The van der Waals surface area contributed by atoms with Gasteiger partial charge < -0.3 is 35.3 Å². The van der Waals surface area contributed by atoms with E-state index < -0.39 is 0 Å². The van der Waals surface area contributed by atoms with Crippen molar-refractivity contribution in [3.8, 4) is 22.9 Å². The molecule has 0 saturated carbocycles. The molecule has 34 heavy (non-hydrogen) atoms. The van der Waals surface area contributed by atoms with E-state index in [9.17, 15) is 0 Å². The minimum absolute atomic E-state index is 0.442. The summed E-state index contributed by atoms with van der Waals surface area (Å²) in [4.78, 5) is 13.7. The maximum Gasteiger partial charge on any atom is 0.228 e. The summed E-state index contributed by atoms with van der Waals surface area (Å²) in [6.07, 6.45) is 0. The van der Waals surface area contributed by atoms with Crippen molar-refractivity contribution < 1.29 is 18.9 Å². The van der Waals surface area contributed by atoms with E-state index in [0.29, 0.717) is 75.3 Å². The van der Waals surface area contributed by atoms with Crippen LogP contribution in [-0.4, -0.2) is 68.7 Å². The van der Waals surface area contributed by atoms with Crippen LogP contribution < -0.4 is 25.8 Å². The van der Waals surface area contributed by atoms with Crippen molar-refractivity contribution in [3.63, 3.8) is 0 Å². The fourth-order valence-corrected chi connectivity index (χ4v) is 3.16. The average molecular weight is 469 g/mol. The zero-order valence-electron chi connectivity index (χ0n) is 19.6. The van der Waals surface area contributed by atoms with Gasteiger partial charge in [0.1, 0.15) is 0 Å². The Kier molecular flexibility index (Phi) is 10.3. The summed E-state index contributed by atoms with van der Waals surface area (Å²) in [5.41, 5.74) is 7.20. The molecule has 182 valence electrons. The molecule has 1 heterocycles. The molecule has 0 unspecified atom stereocenters. The summed E-state index contributed by atoms with van der Waals surface area (Å²) >= 11 is 0. The zero-order valence-corrected chi connectivity index (χ0v) is 19.6. The van der Waals surface area contributed by atoms with Gasteiger partial charge in [0, 0.05) is 30.8 Å². The van der Waals surface area contributed by atoms with E-state index in [1.54, 1.807) is 14.2 Å². The first kappa shape index (κ1) is 25.2. The maximum atomic E-state index is 5.56. The van der Waals surface area contributed by atoms with E-state index in [2.05, 4.69) is 25.6 Å². The lowest BCUT2D eigenvalue weighted by Gasteiger charge is -2.14. The molecular weight excluding hydrogens is 436 g/mol. The van der Waals surface area contributed by atoms with Crippen molar-refractivity contribution in [1.82, 2.24) is 15.0 Å². The number of benzene rings is 2. The van der Waals surface area contributed by atoms with E-state index in [1.807, 2.05) is 48.5 Å². The lowest BCUT2D eigenvalue weighted by molar-refractivity contribution is 0.0547. The molecule has 0 aliphatic heterocycles. The average Bonchev–Trinajstić information content (AvgIpc) is 2.89. The van der Waals surface area contributed by atoms with Crippen LogP contribution in [-0.2, 0) is 16.0 Å². The first-order valence-electron chi connectivity index (χ1n) is 11.1. The molecule has 0 spiro atoms. The minimum Gasteiger partial charge on any atom is -0.493 e. The number of anilines is 2. The Morgan fingerprint density at radius 3 is 2.21 bits per heavy atom. The van der Waals surface area contributed by atoms with Crippen LogP contribution in [0.15, 0.2) is 48.5 Å². The van der Waals surface area contributed by atoms with Gasteiger partial charge in [0.2, 0.25) is 11.9 Å². The normalized spacial score (nSPS) is 10.7. The number of hydrogen-bond acceptors (Lipinski definition) is 10. The predicted octanol–water partition coefficient (Wildman–Crippen LogP) is 2.57. The highest BCUT2D eigenvalue weighted by molar-refractivity contribution is 5.58. The van der Waals surface area contributed by atoms with Crippen LogP contribution in [0.1, 0.15) is 5.56 Å². The standard InChI is InChI=1S/C24H32N6O4/c1-31-20-10-6-9-19(21(20)32-2)17-27-24-29-22(18-7-4-3-5-8-18)28-23(30-24)26-12-14-34-16-15-33-13-11-25/h3-10H,11-17,25H2,1-2H3,(H2,26,27,28,29,30). The van der Waals surface area contributed by atoms with Crippen LogP contribution in [0.4, 0.5) is 11.9 Å². The van der Waals surface area contributed by atoms with Gasteiger partial charge in [-0.25, -0.2) is 0 Å². The fourth-order valence-electron chi connectivity index (χ4n) is 3.16. The van der Waals surface area contributed by atoms with E-state index in [0.717, 1.165) is 11.1 Å². The molecule has 10 heteroatoms. The molecule has 0 aliphatic rings. The summed E-state index contributed by atoms with van der Waals surface area (Å²) in [5.74, 6) is 2.79. The topological polar surface area (TPSA) is 126 Å². The van der Waals surface area contributed by atoms with E-state index >= 15 is 0 Å². The Bertz CT molecular complexity index is 1010. The van der Waals surface area contributed by atoms with Gasteiger partial charge in [0.05, 0.1) is 40.6 Å². The number of hydrogen-bond donors (Lipinski definition) is 3. The summed E-state index contributed by atoms with van der Waals surface area (Å²) < 4.78 is 21.8. The Balaban J connectivity index is 1.68. The molecule has 10 nitrogen and oxygen atoms in total. The van der Waals surface area contributed by atoms with Crippen molar-refractivity contribution in [1.29, 1.82) is 0 Å². The summed E-state index contributed by atoms with van der Waals surface area (Å²) in [7, 11) is 3.23. The van der Waals surface area contributed by atoms with Crippen LogP contribution in [0, 0.1) is 0 Å². The SMILES string of the molecule is COc1cccc(CNc2nc(NCCOCCOCCN)nc(-c3ccccc3)n2)c1OC. The lowest BCUT2D eigenvalue weighted by Crippen LogP contribution is -2.16. The number of methoxy groups -OCH3 is 2. The van der Waals surface area contributed by atoms with Crippen LogP contribution in [0.25, 0.3) is 11.4 Å². The number of aromatic nitrogens is 3. The predicted molar refractivity (Wildman–Crippen MR) is 131 cm³/mol. The van der Waals surface area contributed by atoms with Gasteiger partial charge in [-0.3, -0.25) is 0 Å². The molecule has 3 aromatic rings. The van der Waals surface area contributed by atoms with E-state index in [1.165, 1.54) is 0 Å². The Morgan fingerprint density at radius 1 is 0.765 bits per heavy atom. The monoisotopic (exact) mass is 468 g/mol. The first-order chi connectivity index (χ1) is 16.7. The smallest absolute Gasteiger partial charge is 0.228 e. The number of ether oxygens (including phenoxy) is 4. The van der Waals surface area contributed by atoms with E-state index in [4.69, 9.17) is 24.7 Å². The van der Waals surface area contributed by atoms with Crippen molar-refractivity contribution in [3.05, 3.63) is 54.1 Å². The number of nitrogens with two attached hydrogens (primary N) is 1. The number of para-hydroxylation sites is 1. The van der Waals surface area contributed by atoms with Gasteiger partial charge in [-0.2, -0.15) is 15.0 Å². The zero-order chi connectivity index (χ0) is 24.0. The van der Waals surface area contributed by atoms with Crippen molar-refractivity contribution >= 4 is 11.9 Å². The van der Waals surface area contributed by atoms with Crippen LogP contribution in [0.5, 0.6) is 11.5 Å². The minimum atomic E-state index is 0.442. The summed E-state index contributed by atoms with van der Waals surface area (Å²) in [6.45, 7) is 3.54.